The maximum atomic E-state index is 11.2. The molecule has 0 bridgehead atoms. The molecule has 0 saturated heterocycles. The number of nitrogens with one attached hydrogen (secondary N) is 1. The zero-order valence-corrected chi connectivity index (χ0v) is 9.16. The first-order valence-electron chi connectivity index (χ1n) is 5.04. The average Bonchev–Trinajstić information content (AvgIpc) is 2.58. The van der Waals surface area contributed by atoms with Crippen LogP contribution >= 0.6 is 0 Å². The normalized spacial score (nSPS) is 13.0. The molecular formula is C12H14N2O. The summed E-state index contributed by atoms with van der Waals surface area (Å²) >= 11 is 0. The number of benzene rings is 1. The molecule has 1 N–H and O–H groups in total. The van der Waals surface area contributed by atoms with Gasteiger partial charge in [0.05, 0.1) is 17.0 Å². The van der Waals surface area contributed by atoms with E-state index in [9.17, 15) is 4.79 Å². The van der Waals surface area contributed by atoms with Gasteiger partial charge >= 0.3 is 0 Å². The predicted octanol–water partition coefficient (Wildman–Crippen LogP) is 2.56. The van der Waals surface area contributed by atoms with Crippen LogP contribution in [-0.2, 0) is 4.79 Å². The molecule has 15 heavy (non-hydrogen) atoms. The van der Waals surface area contributed by atoms with Gasteiger partial charge in [-0.3, -0.25) is 4.79 Å². The Morgan fingerprint density at radius 3 is 2.87 bits per heavy atom. The number of ketones is 1. The summed E-state index contributed by atoms with van der Waals surface area (Å²) in [5.41, 5.74) is 3.11. The number of fused-ring (bicyclic) bond motifs is 1. The summed E-state index contributed by atoms with van der Waals surface area (Å²) in [5, 5.41) is 0. The first-order chi connectivity index (χ1) is 7.08. The van der Waals surface area contributed by atoms with E-state index in [2.05, 4.69) is 9.97 Å². The number of carbonyl (C=O) groups is 1. The molecule has 1 aromatic carbocycles. The molecule has 2 rings (SSSR count). The molecule has 0 amide bonds. The largest absolute Gasteiger partial charge is 0.341 e. The van der Waals surface area contributed by atoms with Crippen LogP contribution in [-0.4, -0.2) is 15.8 Å². The molecule has 1 atom stereocenters. The van der Waals surface area contributed by atoms with Crippen LogP contribution < -0.4 is 0 Å². The highest BCUT2D eigenvalue weighted by Crippen LogP contribution is 2.18. The van der Waals surface area contributed by atoms with Crippen molar-refractivity contribution < 1.29 is 4.79 Å². The van der Waals surface area contributed by atoms with Gasteiger partial charge in [-0.2, -0.15) is 0 Å². The number of imidazole rings is 1. The SMILES string of the molecule is CC(=O)C(C)c1nc2ccc(C)cc2[nH]1. The van der Waals surface area contributed by atoms with E-state index in [0.717, 1.165) is 16.9 Å². The van der Waals surface area contributed by atoms with Crippen LogP contribution in [0.3, 0.4) is 0 Å². The third kappa shape index (κ3) is 1.77. The number of rotatable bonds is 2. The fourth-order valence-electron chi connectivity index (χ4n) is 1.54. The Bertz CT molecular complexity index is 513. The predicted molar refractivity (Wildman–Crippen MR) is 59.9 cm³/mol. The Balaban J connectivity index is 2.51. The molecule has 0 radical (unpaired) electrons. The monoisotopic (exact) mass is 202 g/mol. The van der Waals surface area contributed by atoms with Gasteiger partial charge in [-0.05, 0) is 38.5 Å². The average molecular weight is 202 g/mol. The summed E-state index contributed by atoms with van der Waals surface area (Å²) in [7, 11) is 0. The van der Waals surface area contributed by atoms with E-state index in [1.807, 2.05) is 32.0 Å². The molecule has 78 valence electrons. The van der Waals surface area contributed by atoms with Gasteiger partial charge < -0.3 is 4.98 Å². The van der Waals surface area contributed by atoms with E-state index in [1.54, 1.807) is 6.92 Å². The molecule has 0 aliphatic heterocycles. The van der Waals surface area contributed by atoms with Crippen LogP contribution in [0.1, 0.15) is 31.2 Å². The lowest BCUT2D eigenvalue weighted by Crippen LogP contribution is -2.05. The minimum Gasteiger partial charge on any atom is -0.341 e. The van der Waals surface area contributed by atoms with E-state index in [-0.39, 0.29) is 11.7 Å². The summed E-state index contributed by atoms with van der Waals surface area (Å²) in [6.45, 7) is 5.49. The number of H-pyrrole nitrogens is 1. The Labute approximate surface area is 88.5 Å². The van der Waals surface area contributed by atoms with Crippen LogP contribution in [0.15, 0.2) is 18.2 Å². The van der Waals surface area contributed by atoms with Gasteiger partial charge in [0.25, 0.3) is 0 Å². The quantitative estimate of drug-likeness (QED) is 0.813. The lowest BCUT2D eigenvalue weighted by atomic mass is 10.1. The zero-order valence-electron chi connectivity index (χ0n) is 9.16. The van der Waals surface area contributed by atoms with E-state index < -0.39 is 0 Å². The van der Waals surface area contributed by atoms with Gasteiger partial charge in [0, 0.05) is 0 Å². The highest BCUT2D eigenvalue weighted by atomic mass is 16.1. The number of aryl methyl sites for hydroxylation is 1. The van der Waals surface area contributed by atoms with Crippen molar-refractivity contribution in [1.82, 2.24) is 9.97 Å². The van der Waals surface area contributed by atoms with Crippen LogP contribution in [0.4, 0.5) is 0 Å². The number of Topliss-reactive ketones (excluding diaryl/α,β-unsaturated/α-hetero) is 1. The highest BCUT2D eigenvalue weighted by molar-refractivity contribution is 5.84. The van der Waals surface area contributed by atoms with Crippen molar-refractivity contribution in [3.63, 3.8) is 0 Å². The second-order valence-corrected chi connectivity index (χ2v) is 3.97. The third-order valence-corrected chi connectivity index (χ3v) is 2.68. The smallest absolute Gasteiger partial charge is 0.140 e. The molecule has 3 heteroatoms. The van der Waals surface area contributed by atoms with Crippen molar-refractivity contribution in [2.24, 2.45) is 0 Å². The van der Waals surface area contributed by atoms with Crippen LogP contribution in [0.5, 0.6) is 0 Å². The molecule has 0 aliphatic carbocycles. The molecule has 0 saturated carbocycles. The maximum absolute atomic E-state index is 11.2. The maximum Gasteiger partial charge on any atom is 0.140 e. The van der Waals surface area contributed by atoms with E-state index in [1.165, 1.54) is 5.56 Å². The van der Waals surface area contributed by atoms with Crippen molar-refractivity contribution >= 4 is 16.8 Å². The third-order valence-electron chi connectivity index (χ3n) is 2.68. The number of carbonyl (C=O) groups excluding carboxylic acids is 1. The van der Waals surface area contributed by atoms with E-state index in [4.69, 9.17) is 0 Å². The second-order valence-electron chi connectivity index (χ2n) is 3.97. The second kappa shape index (κ2) is 3.50. The minimum absolute atomic E-state index is 0.130. The van der Waals surface area contributed by atoms with Crippen molar-refractivity contribution in [2.75, 3.05) is 0 Å². The summed E-state index contributed by atoms with van der Waals surface area (Å²) < 4.78 is 0. The van der Waals surface area contributed by atoms with Crippen molar-refractivity contribution in [1.29, 1.82) is 0 Å². The van der Waals surface area contributed by atoms with Gasteiger partial charge in [-0.25, -0.2) is 4.98 Å². The standard InChI is InChI=1S/C12H14N2O/c1-7-4-5-10-11(6-7)14-12(13-10)8(2)9(3)15/h4-6,8H,1-3H3,(H,13,14). The molecule has 1 aromatic heterocycles. The van der Waals surface area contributed by atoms with Crippen LogP contribution in [0.25, 0.3) is 11.0 Å². The van der Waals surface area contributed by atoms with E-state index >= 15 is 0 Å². The number of aromatic nitrogens is 2. The summed E-state index contributed by atoms with van der Waals surface area (Å²) in [5.74, 6) is 0.728. The molecule has 0 spiro atoms. The summed E-state index contributed by atoms with van der Waals surface area (Å²) in [6, 6.07) is 6.03. The number of hydrogen-bond acceptors (Lipinski definition) is 2. The Morgan fingerprint density at radius 2 is 2.20 bits per heavy atom. The Kier molecular flexibility index (Phi) is 2.31. The highest BCUT2D eigenvalue weighted by Gasteiger charge is 2.14. The minimum atomic E-state index is -0.155. The fourth-order valence-corrected chi connectivity index (χ4v) is 1.54. The Hall–Kier alpha value is -1.64. The summed E-state index contributed by atoms with van der Waals surface area (Å²) in [4.78, 5) is 18.8. The van der Waals surface area contributed by atoms with Crippen molar-refractivity contribution in [2.45, 2.75) is 26.7 Å². The van der Waals surface area contributed by atoms with Crippen molar-refractivity contribution in [3.05, 3.63) is 29.6 Å². The molecule has 0 aliphatic rings. The van der Waals surface area contributed by atoms with Gasteiger partial charge in [0.15, 0.2) is 0 Å². The molecular weight excluding hydrogens is 188 g/mol. The fraction of sp³-hybridized carbons (Fsp3) is 0.333. The van der Waals surface area contributed by atoms with Gasteiger partial charge in [0.1, 0.15) is 11.6 Å². The lowest BCUT2D eigenvalue weighted by Gasteiger charge is -2.01. The van der Waals surface area contributed by atoms with Gasteiger partial charge in [0.2, 0.25) is 0 Å². The molecule has 1 heterocycles. The van der Waals surface area contributed by atoms with Gasteiger partial charge in [-0.1, -0.05) is 6.07 Å². The van der Waals surface area contributed by atoms with Crippen molar-refractivity contribution in [3.8, 4) is 0 Å². The Morgan fingerprint density at radius 1 is 1.47 bits per heavy atom. The van der Waals surface area contributed by atoms with Crippen LogP contribution in [0, 0.1) is 6.92 Å². The first kappa shape index (κ1) is 9.90. The topological polar surface area (TPSA) is 45.8 Å². The number of aromatic amines is 1. The number of nitrogens with zero attached hydrogens (tertiary/aromatic N) is 1. The lowest BCUT2D eigenvalue weighted by molar-refractivity contribution is -0.118. The summed E-state index contributed by atoms with van der Waals surface area (Å²) in [6.07, 6.45) is 0. The molecule has 2 aromatic rings. The zero-order chi connectivity index (χ0) is 11.0. The van der Waals surface area contributed by atoms with E-state index in [0.29, 0.717) is 0 Å². The number of hydrogen-bond donors (Lipinski definition) is 1. The van der Waals surface area contributed by atoms with Gasteiger partial charge in [-0.15, -0.1) is 0 Å². The first-order valence-corrected chi connectivity index (χ1v) is 5.04. The van der Waals surface area contributed by atoms with Crippen LogP contribution in [0.2, 0.25) is 0 Å². The molecule has 0 fully saturated rings. The molecule has 3 nitrogen and oxygen atoms in total. The molecule has 1 unspecified atom stereocenters.